The van der Waals surface area contributed by atoms with Crippen LogP contribution in [0.4, 0.5) is 13.2 Å². The van der Waals surface area contributed by atoms with E-state index in [4.69, 9.17) is 5.26 Å². The summed E-state index contributed by atoms with van der Waals surface area (Å²) in [4.78, 5) is 2.12. The van der Waals surface area contributed by atoms with Gasteiger partial charge in [0.25, 0.3) is 0 Å². The van der Waals surface area contributed by atoms with Gasteiger partial charge in [-0.15, -0.1) is 0 Å². The summed E-state index contributed by atoms with van der Waals surface area (Å²) in [6.07, 6.45) is -4.29. The van der Waals surface area contributed by atoms with Gasteiger partial charge in [-0.25, -0.2) is 0 Å². The second-order valence-electron chi connectivity index (χ2n) is 6.26. The molecule has 1 atom stereocenters. The van der Waals surface area contributed by atoms with Gasteiger partial charge in [-0.3, -0.25) is 0 Å². The van der Waals surface area contributed by atoms with Crippen LogP contribution in [0.25, 0.3) is 0 Å². The van der Waals surface area contributed by atoms with E-state index in [1.807, 2.05) is 13.8 Å². The molecule has 1 aliphatic rings. The first-order valence-corrected chi connectivity index (χ1v) is 7.04. The van der Waals surface area contributed by atoms with Crippen LogP contribution in [0.5, 0.6) is 0 Å². The topological polar surface area (TPSA) is 47.3 Å². The van der Waals surface area contributed by atoms with Gasteiger partial charge < -0.3 is 10.0 Å². The first-order chi connectivity index (χ1) is 9.15. The van der Waals surface area contributed by atoms with Gasteiger partial charge in [0, 0.05) is 0 Å². The normalized spacial score (nSPS) is 20.6. The highest BCUT2D eigenvalue weighted by atomic mass is 19.4. The Morgan fingerprint density at radius 1 is 1.30 bits per heavy atom. The summed E-state index contributed by atoms with van der Waals surface area (Å²) in [5.74, 6) is -0.679. The largest absolute Gasteiger partial charge is 0.414 e. The second kappa shape index (κ2) is 6.77. The Morgan fingerprint density at radius 2 is 1.85 bits per heavy atom. The van der Waals surface area contributed by atoms with Crippen LogP contribution in [0.15, 0.2) is 0 Å². The third-order valence-corrected chi connectivity index (χ3v) is 3.99. The van der Waals surface area contributed by atoms with Crippen molar-refractivity contribution in [3.8, 4) is 6.07 Å². The lowest BCUT2D eigenvalue weighted by molar-refractivity contribution is -0.223. The Morgan fingerprint density at radius 3 is 2.30 bits per heavy atom. The highest BCUT2D eigenvalue weighted by Gasteiger charge is 2.44. The van der Waals surface area contributed by atoms with Crippen molar-refractivity contribution in [3.63, 3.8) is 0 Å². The van der Waals surface area contributed by atoms with E-state index in [1.165, 1.54) is 0 Å². The third kappa shape index (κ3) is 5.29. The molecule has 3 nitrogen and oxygen atoms in total. The van der Waals surface area contributed by atoms with E-state index < -0.39 is 18.2 Å². The van der Waals surface area contributed by atoms with Crippen molar-refractivity contribution in [3.05, 3.63) is 0 Å². The molecule has 0 aliphatic carbocycles. The van der Waals surface area contributed by atoms with Crippen LogP contribution in [0.1, 0.15) is 39.5 Å². The maximum absolute atomic E-state index is 12.4. The summed E-state index contributed by atoms with van der Waals surface area (Å²) in [5.41, 5.74) is -0.342. The highest BCUT2D eigenvalue weighted by Crippen LogP contribution is 2.31. The molecule has 0 radical (unpaired) electrons. The number of hydrogen-bond acceptors (Lipinski definition) is 3. The molecule has 1 rings (SSSR count). The molecule has 0 amide bonds. The summed E-state index contributed by atoms with van der Waals surface area (Å²) in [5, 5.41) is 18.1. The maximum atomic E-state index is 12.4. The zero-order valence-corrected chi connectivity index (χ0v) is 12.1. The molecule has 0 aromatic carbocycles. The lowest BCUT2D eigenvalue weighted by atomic mass is 9.88. The predicted molar refractivity (Wildman–Crippen MR) is 69.9 cm³/mol. The maximum Gasteiger partial charge on any atom is 0.414 e. The number of nitriles is 1. The molecule has 1 heterocycles. The van der Waals surface area contributed by atoms with Crippen LogP contribution in [0, 0.1) is 22.7 Å². The van der Waals surface area contributed by atoms with Crippen molar-refractivity contribution in [1.29, 1.82) is 5.26 Å². The fourth-order valence-corrected chi connectivity index (χ4v) is 2.56. The number of likely N-dealkylation sites (tertiary alicyclic amines) is 1. The summed E-state index contributed by atoms with van der Waals surface area (Å²) >= 11 is 0. The van der Waals surface area contributed by atoms with Crippen LogP contribution in [-0.2, 0) is 0 Å². The lowest BCUT2D eigenvalue weighted by Crippen LogP contribution is -2.43. The van der Waals surface area contributed by atoms with Crippen molar-refractivity contribution in [2.45, 2.75) is 51.8 Å². The molecule has 1 N–H and O–H groups in total. The standard InChI is InChI=1S/C14H23F3N2O/c1-13(2,10-18)6-3-7-19-8-4-11(5-9-19)12(20)14(15,16)17/h11-12,20H,3-9H2,1-2H3. The Balaban J connectivity index is 2.28. The van der Waals surface area contributed by atoms with E-state index in [2.05, 4.69) is 11.0 Å². The lowest BCUT2D eigenvalue weighted by Gasteiger charge is -2.35. The smallest absolute Gasteiger partial charge is 0.383 e. The van der Waals surface area contributed by atoms with Gasteiger partial charge in [-0.2, -0.15) is 18.4 Å². The van der Waals surface area contributed by atoms with E-state index in [0.717, 1.165) is 19.4 Å². The number of rotatable bonds is 5. The van der Waals surface area contributed by atoms with Gasteiger partial charge in [0.15, 0.2) is 6.10 Å². The molecule has 0 spiro atoms. The SMILES string of the molecule is CC(C)(C#N)CCCN1CCC(C(O)C(F)(F)F)CC1. The molecular weight excluding hydrogens is 269 g/mol. The Kier molecular flexibility index (Phi) is 5.84. The first kappa shape index (κ1) is 17.3. The molecular formula is C14H23F3N2O. The van der Waals surface area contributed by atoms with E-state index in [1.54, 1.807) is 0 Å². The monoisotopic (exact) mass is 292 g/mol. The fourth-order valence-electron chi connectivity index (χ4n) is 2.56. The van der Waals surface area contributed by atoms with Crippen molar-refractivity contribution < 1.29 is 18.3 Å². The van der Waals surface area contributed by atoms with Crippen LogP contribution >= 0.6 is 0 Å². The number of hydrogen-bond donors (Lipinski definition) is 1. The van der Waals surface area contributed by atoms with Crippen LogP contribution < -0.4 is 0 Å². The zero-order valence-electron chi connectivity index (χ0n) is 12.1. The second-order valence-corrected chi connectivity index (χ2v) is 6.26. The van der Waals surface area contributed by atoms with Gasteiger partial charge >= 0.3 is 6.18 Å². The minimum absolute atomic E-state index is 0.342. The Labute approximate surface area is 118 Å². The highest BCUT2D eigenvalue weighted by molar-refractivity contribution is 4.91. The number of nitrogens with zero attached hydrogens (tertiary/aromatic N) is 2. The molecule has 0 saturated carbocycles. The minimum Gasteiger partial charge on any atom is -0.383 e. The summed E-state index contributed by atoms with van der Waals surface area (Å²) in [7, 11) is 0. The molecule has 0 aromatic heterocycles. The molecule has 1 fully saturated rings. The van der Waals surface area contributed by atoms with E-state index >= 15 is 0 Å². The number of aliphatic hydroxyl groups is 1. The number of halogens is 3. The predicted octanol–water partition coefficient (Wildman–Crippen LogP) is 2.95. The van der Waals surface area contributed by atoms with Crippen LogP contribution in [0.3, 0.4) is 0 Å². The van der Waals surface area contributed by atoms with Crippen molar-refractivity contribution in [2.24, 2.45) is 11.3 Å². The van der Waals surface area contributed by atoms with Gasteiger partial charge in [0.2, 0.25) is 0 Å². The Bertz CT molecular complexity index is 341. The van der Waals surface area contributed by atoms with E-state index in [9.17, 15) is 18.3 Å². The first-order valence-electron chi connectivity index (χ1n) is 7.04. The van der Waals surface area contributed by atoms with Gasteiger partial charge in [-0.1, -0.05) is 0 Å². The van der Waals surface area contributed by atoms with Crippen molar-refractivity contribution in [2.75, 3.05) is 19.6 Å². The minimum atomic E-state index is -4.51. The quantitative estimate of drug-likeness (QED) is 0.847. The average molecular weight is 292 g/mol. The number of aliphatic hydroxyl groups excluding tert-OH is 1. The van der Waals surface area contributed by atoms with Crippen molar-refractivity contribution >= 4 is 0 Å². The molecule has 20 heavy (non-hydrogen) atoms. The number of piperidine rings is 1. The van der Waals surface area contributed by atoms with Gasteiger partial charge in [0.1, 0.15) is 0 Å². The summed E-state index contributed by atoms with van der Waals surface area (Å²) < 4.78 is 37.2. The Hall–Kier alpha value is -0.800. The average Bonchev–Trinajstić information content (AvgIpc) is 2.37. The van der Waals surface area contributed by atoms with Crippen molar-refractivity contribution in [1.82, 2.24) is 4.90 Å². The molecule has 116 valence electrons. The molecule has 1 unspecified atom stereocenters. The van der Waals surface area contributed by atoms with Crippen LogP contribution in [0.2, 0.25) is 0 Å². The molecule has 0 bridgehead atoms. The van der Waals surface area contributed by atoms with Gasteiger partial charge in [0.05, 0.1) is 11.5 Å². The van der Waals surface area contributed by atoms with Gasteiger partial charge in [-0.05, 0) is 65.1 Å². The molecule has 1 saturated heterocycles. The molecule has 1 aliphatic heterocycles. The molecule has 0 aromatic rings. The fraction of sp³-hybridized carbons (Fsp3) is 0.929. The summed E-state index contributed by atoms with van der Waals surface area (Å²) in [6.45, 7) is 5.76. The third-order valence-electron chi connectivity index (χ3n) is 3.99. The number of alkyl halides is 3. The van der Waals surface area contributed by atoms with E-state index in [-0.39, 0.29) is 5.41 Å². The van der Waals surface area contributed by atoms with E-state index in [0.29, 0.717) is 25.9 Å². The molecule has 6 heteroatoms. The zero-order chi connectivity index (χ0) is 15.4. The van der Waals surface area contributed by atoms with Crippen LogP contribution in [-0.4, -0.2) is 41.9 Å². The summed E-state index contributed by atoms with van der Waals surface area (Å²) in [6, 6.07) is 2.24.